The first-order valence-electron chi connectivity index (χ1n) is 10.3. The monoisotopic (exact) mass is 445 g/mol. The molecule has 31 heavy (non-hydrogen) atoms. The van der Waals surface area contributed by atoms with Crippen molar-refractivity contribution in [3.8, 4) is 0 Å². The molecule has 1 N–H and O–H groups in total. The number of hydrogen-bond acceptors (Lipinski definition) is 5. The van der Waals surface area contributed by atoms with Crippen LogP contribution in [0.4, 0.5) is 5.95 Å². The normalized spacial score (nSPS) is 11.9. The molecule has 1 aromatic carbocycles. The van der Waals surface area contributed by atoms with Gasteiger partial charge in [0, 0.05) is 31.9 Å². The zero-order valence-corrected chi connectivity index (χ0v) is 18.7. The average molecular weight is 446 g/mol. The van der Waals surface area contributed by atoms with Gasteiger partial charge in [-0.15, -0.1) is 0 Å². The Morgan fingerprint density at radius 2 is 1.81 bits per heavy atom. The summed E-state index contributed by atoms with van der Waals surface area (Å²) >= 11 is 0. The first kappa shape index (κ1) is 22.7. The lowest BCUT2D eigenvalue weighted by Crippen LogP contribution is -2.33. The van der Waals surface area contributed by atoms with E-state index in [1.807, 2.05) is 35.8 Å². The first-order chi connectivity index (χ1) is 14.8. The molecule has 0 unspecified atom stereocenters. The maximum atomic E-state index is 12.7. The number of rotatable bonds is 9. The van der Waals surface area contributed by atoms with Crippen molar-refractivity contribution in [1.29, 1.82) is 0 Å². The van der Waals surface area contributed by atoms with Crippen LogP contribution in [0, 0.1) is 0 Å². The Balaban J connectivity index is 1.87. The van der Waals surface area contributed by atoms with Crippen LogP contribution in [0.1, 0.15) is 27.2 Å². The number of imidazole rings is 1. The van der Waals surface area contributed by atoms with Crippen molar-refractivity contribution in [2.75, 3.05) is 18.4 Å². The number of fused-ring (bicyclic) bond motifs is 1. The number of carbonyl (C=O) groups is 1. The van der Waals surface area contributed by atoms with E-state index in [0.29, 0.717) is 25.6 Å². The predicted molar refractivity (Wildman–Crippen MR) is 119 cm³/mol. The summed E-state index contributed by atoms with van der Waals surface area (Å²) in [6.07, 6.45) is 2.07. The van der Waals surface area contributed by atoms with Gasteiger partial charge in [-0.25, -0.2) is 13.4 Å². The largest absolute Gasteiger partial charge is 0.310 e. The lowest BCUT2D eigenvalue weighted by atomic mass is 10.3. The minimum atomic E-state index is -3.74. The maximum absolute atomic E-state index is 12.7. The number of aryl methyl sites for hydroxylation is 1. The van der Waals surface area contributed by atoms with Crippen LogP contribution in [0.3, 0.4) is 0 Å². The van der Waals surface area contributed by atoms with Crippen molar-refractivity contribution in [3.05, 3.63) is 52.9 Å². The minimum absolute atomic E-state index is 0.0261. The number of nitrogens with one attached hydrogen (secondary N) is 1. The number of aromatic nitrogens is 3. The Morgan fingerprint density at radius 1 is 1.10 bits per heavy atom. The molecule has 0 aliphatic rings. The van der Waals surface area contributed by atoms with Crippen molar-refractivity contribution >= 4 is 32.9 Å². The number of amides is 1. The van der Waals surface area contributed by atoms with E-state index in [1.165, 1.54) is 16.6 Å². The molecule has 0 spiro atoms. The number of pyridine rings is 1. The fourth-order valence-electron chi connectivity index (χ4n) is 3.44. The molecule has 0 bridgehead atoms. The number of carbonyl (C=O) groups excluding carboxylic acids is 1. The van der Waals surface area contributed by atoms with Gasteiger partial charge in [-0.05, 0) is 24.6 Å². The average Bonchev–Trinajstić information content (AvgIpc) is 3.07. The number of benzene rings is 1. The SMILES string of the molecule is CCCn1c(NC(=O)Cn2cc(S(=O)(=O)N(CC)CC)ccc2=O)nc2ccccc21. The van der Waals surface area contributed by atoms with E-state index in [2.05, 4.69) is 10.3 Å². The molecule has 2 aromatic heterocycles. The Kier molecular flexibility index (Phi) is 6.91. The van der Waals surface area contributed by atoms with Crippen molar-refractivity contribution in [1.82, 2.24) is 18.4 Å². The second-order valence-electron chi connectivity index (χ2n) is 7.04. The molecule has 0 atom stereocenters. The maximum Gasteiger partial charge on any atom is 0.251 e. The van der Waals surface area contributed by atoms with Gasteiger partial charge < -0.3 is 9.13 Å². The molecule has 10 heteroatoms. The second-order valence-corrected chi connectivity index (χ2v) is 8.98. The van der Waals surface area contributed by atoms with Crippen LogP contribution in [-0.4, -0.2) is 45.8 Å². The molecule has 0 aliphatic carbocycles. The smallest absolute Gasteiger partial charge is 0.251 e. The summed E-state index contributed by atoms with van der Waals surface area (Å²) in [5.74, 6) is -0.0693. The van der Waals surface area contributed by atoms with Crippen molar-refractivity contribution in [3.63, 3.8) is 0 Å². The molecule has 1 amide bonds. The number of nitrogens with zero attached hydrogens (tertiary/aromatic N) is 4. The third-order valence-electron chi connectivity index (χ3n) is 4.97. The van der Waals surface area contributed by atoms with Gasteiger partial charge in [0.05, 0.1) is 15.9 Å². The summed E-state index contributed by atoms with van der Waals surface area (Å²) in [7, 11) is -3.74. The van der Waals surface area contributed by atoms with Gasteiger partial charge in [0.2, 0.25) is 21.9 Å². The third-order valence-corrected chi connectivity index (χ3v) is 7.00. The highest BCUT2D eigenvalue weighted by molar-refractivity contribution is 7.89. The van der Waals surface area contributed by atoms with Crippen LogP contribution in [0.2, 0.25) is 0 Å². The van der Waals surface area contributed by atoms with E-state index >= 15 is 0 Å². The van der Waals surface area contributed by atoms with Crippen molar-refractivity contribution in [2.45, 2.75) is 45.2 Å². The van der Waals surface area contributed by atoms with E-state index < -0.39 is 21.5 Å². The lowest BCUT2D eigenvalue weighted by molar-refractivity contribution is -0.116. The van der Waals surface area contributed by atoms with Gasteiger partial charge >= 0.3 is 0 Å². The van der Waals surface area contributed by atoms with E-state index in [-0.39, 0.29) is 11.4 Å². The Labute approximate surface area is 181 Å². The molecule has 2 heterocycles. The summed E-state index contributed by atoms with van der Waals surface area (Å²) in [6.45, 7) is 6.49. The molecule has 0 radical (unpaired) electrons. The fraction of sp³-hybridized carbons (Fsp3) is 0.381. The fourth-order valence-corrected chi connectivity index (χ4v) is 4.92. The summed E-state index contributed by atoms with van der Waals surface area (Å²) in [6, 6.07) is 10.0. The Morgan fingerprint density at radius 3 is 2.48 bits per heavy atom. The van der Waals surface area contributed by atoms with Crippen LogP contribution < -0.4 is 10.9 Å². The zero-order valence-electron chi connectivity index (χ0n) is 17.9. The van der Waals surface area contributed by atoms with Gasteiger partial charge in [-0.2, -0.15) is 4.31 Å². The zero-order chi connectivity index (χ0) is 22.6. The Bertz CT molecular complexity index is 1240. The molecule has 0 fully saturated rings. The van der Waals surface area contributed by atoms with Gasteiger partial charge in [0.1, 0.15) is 6.54 Å². The summed E-state index contributed by atoms with van der Waals surface area (Å²) < 4.78 is 29.8. The van der Waals surface area contributed by atoms with Crippen LogP contribution in [-0.2, 0) is 27.9 Å². The standard InChI is InChI=1S/C21H27N5O4S/c1-4-13-26-18-10-8-7-9-17(18)22-21(26)23-19(27)15-24-14-16(11-12-20(24)28)31(29,30)25(5-2)6-3/h7-12,14H,4-6,13,15H2,1-3H3,(H,22,23,27). The quantitative estimate of drug-likeness (QED) is 0.544. The van der Waals surface area contributed by atoms with Crippen molar-refractivity contribution in [2.24, 2.45) is 0 Å². The molecular weight excluding hydrogens is 418 g/mol. The highest BCUT2D eigenvalue weighted by Crippen LogP contribution is 2.20. The molecule has 0 aliphatic heterocycles. The second kappa shape index (κ2) is 9.44. The van der Waals surface area contributed by atoms with Gasteiger partial charge in [0.25, 0.3) is 5.56 Å². The van der Waals surface area contributed by atoms with Gasteiger partial charge in [-0.3, -0.25) is 14.9 Å². The number of hydrogen-bond donors (Lipinski definition) is 1. The minimum Gasteiger partial charge on any atom is -0.310 e. The molecule has 3 aromatic rings. The summed E-state index contributed by atoms with van der Waals surface area (Å²) in [5.41, 5.74) is 1.20. The summed E-state index contributed by atoms with van der Waals surface area (Å²) in [5, 5.41) is 2.76. The number of sulfonamides is 1. The molecule has 0 saturated carbocycles. The lowest BCUT2D eigenvalue weighted by Gasteiger charge is -2.19. The van der Waals surface area contributed by atoms with E-state index in [9.17, 15) is 18.0 Å². The Hall–Kier alpha value is -2.98. The van der Waals surface area contributed by atoms with Gasteiger partial charge in [-0.1, -0.05) is 32.9 Å². The van der Waals surface area contributed by atoms with E-state index in [1.54, 1.807) is 13.8 Å². The van der Waals surface area contributed by atoms with E-state index in [0.717, 1.165) is 28.1 Å². The third kappa shape index (κ3) is 4.70. The number of para-hydroxylation sites is 2. The van der Waals surface area contributed by atoms with Crippen LogP contribution in [0.15, 0.2) is 52.3 Å². The predicted octanol–water partition coefficient (Wildman–Crippen LogP) is 2.28. The van der Waals surface area contributed by atoms with Crippen molar-refractivity contribution < 1.29 is 13.2 Å². The molecule has 3 rings (SSSR count). The van der Waals surface area contributed by atoms with E-state index in [4.69, 9.17) is 0 Å². The highest BCUT2D eigenvalue weighted by atomic mass is 32.2. The van der Waals surface area contributed by atoms with Crippen LogP contribution in [0.25, 0.3) is 11.0 Å². The molecule has 9 nitrogen and oxygen atoms in total. The first-order valence-corrected chi connectivity index (χ1v) is 11.7. The summed E-state index contributed by atoms with van der Waals surface area (Å²) in [4.78, 5) is 29.4. The van der Waals surface area contributed by atoms with Crippen LogP contribution >= 0.6 is 0 Å². The molecule has 166 valence electrons. The van der Waals surface area contributed by atoms with Gasteiger partial charge in [0.15, 0.2) is 0 Å². The molecular formula is C21H27N5O4S. The topological polar surface area (TPSA) is 106 Å². The van der Waals surface area contributed by atoms with Crippen LogP contribution in [0.5, 0.6) is 0 Å². The molecule has 0 saturated heterocycles. The number of anilines is 1. The highest BCUT2D eigenvalue weighted by Gasteiger charge is 2.23.